The van der Waals surface area contributed by atoms with Crippen molar-refractivity contribution in [2.24, 2.45) is 0 Å². The van der Waals surface area contributed by atoms with E-state index >= 15 is 0 Å². The number of halogens is 2. The van der Waals surface area contributed by atoms with E-state index in [2.05, 4.69) is 12.6 Å². The molecule has 0 aromatic heterocycles. The average molecular weight is 206 g/mol. The summed E-state index contributed by atoms with van der Waals surface area (Å²) in [4.78, 5) is 0. The van der Waals surface area contributed by atoms with E-state index < -0.39 is 12.0 Å². The fraction of sp³-hybridized carbons (Fsp3) is 0.556. The number of hydrogen-bond donors (Lipinski definition) is 1. The third-order valence-electron chi connectivity index (χ3n) is 1.95. The van der Waals surface area contributed by atoms with E-state index in [1.165, 1.54) is 7.11 Å². The van der Waals surface area contributed by atoms with Gasteiger partial charge in [-0.25, -0.2) is 8.78 Å². The summed E-state index contributed by atoms with van der Waals surface area (Å²) in [5.74, 6) is -0.351. The van der Waals surface area contributed by atoms with Gasteiger partial charge in [-0.2, -0.15) is 12.6 Å². The Morgan fingerprint density at radius 2 is 2.31 bits per heavy atom. The molecule has 1 aliphatic carbocycles. The zero-order chi connectivity index (χ0) is 10.0. The van der Waals surface area contributed by atoms with Gasteiger partial charge >= 0.3 is 0 Å². The highest BCUT2D eigenvalue weighted by molar-refractivity contribution is 7.81. The summed E-state index contributed by atoms with van der Waals surface area (Å²) in [6.07, 6.45) is 0.0536. The molecule has 0 amide bonds. The van der Waals surface area contributed by atoms with Crippen LogP contribution in [-0.2, 0) is 4.74 Å². The minimum Gasteiger partial charge on any atom is -0.497 e. The number of rotatable bonds is 2. The maximum Gasteiger partial charge on any atom is 0.155 e. The highest BCUT2D eigenvalue weighted by Gasteiger charge is 2.27. The minimum atomic E-state index is -1.54. The monoisotopic (exact) mass is 206 g/mol. The predicted octanol–water partition coefficient (Wildman–Crippen LogP) is 2.80. The summed E-state index contributed by atoms with van der Waals surface area (Å²) in [6, 6.07) is 0. The number of ether oxygens (including phenoxy) is 1. The Kier molecular flexibility index (Phi) is 3.36. The van der Waals surface area contributed by atoms with E-state index in [9.17, 15) is 8.78 Å². The van der Waals surface area contributed by atoms with Gasteiger partial charge in [0.05, 0.1) is 7.11 Å². The normalized spacial score (nSPS) is 25.6. The van der Waals surface area contributed by atoms with E-state index in [4.69, 9.17) is 4.74 Å². The van der Waals surface area contributed by atoms with E-state index in [1.807, 2.05) is 0 Å². The molecule has 0 saturated heterocycles. The van der Waals surface area contributed by atoms with Crippen LogP contribution >= 0.6 is 12.6 Å². The molecule has 2 unspecified atom stereocenters. The van der Waals surface area contributed by atoms with Gasteiger partial charge in [-0.05, 0) is 13.0 Å². The van der Waals surface area contributed by atoms with Gasteiger partial charge in [0.25, 0.3) is 0 Å². The van der Waals surface area contributed by atoms with Gasteiger partial charge in [-0.15, -0.1) is 0 Å². The van der Waals surface area contributed by atoms with E-state index in [0.717, 1.165) is 0 Å². The first-order valence-corrected chi connectivity index (χ1v) is 4.55. The number of allylic oxidation sites excluding steroid dienone is 3. The smallest absolute Gasteiger partial charge is 0.155 e. The predicted molar refractivity (Wildman–Crippen MR) is 51.2 cm³/mol. The Morgan fingerprint density at radius 1 is 1.69 bits per heavy atom. The van der Waals surface area contributed by atoms with Gasteiger partial charge in [0, 0.05) is 17.2 Å². The molecule has 0 aromatic carbocycles. The van der Waals surface area contributed by atoms with Crippen LogP contribution in [0.3, 0.4) is 0 Å². The standard InChI is InChI=1S/C9H12F2OS/c1-5(13)8-7(12-2)4-3-6(10)9(8)11/h4-6,13H,3H2,1-2H3. The summed E-state index contributed by atoms with van der Waals surface area (Å²) in [6.45, 7) is 1.68. The molecule has 0 bridgehead atoms. The Labute approximate surface area is 81.9 Å². The molecule has 2 atom stereocenters. The van der Waals surface area contributed by atoms with Crippen molar-refractivity contribution in [2.45, 2.75) is 24.8 Å². The van der Waals surface area contributed by atoms with E-state index in [1.54, 1.807) is 13.0 Å². The molecule has 0 aliphatic heterocycles. The van der Waals surface area contributed by atoms with Gasteiger partial charge < -0.3 is 4.74 Å². The third-order valence-corrected chi connectivity index (χ3v) is 2.20. The van der Waals surface area contributed by atoms with Crippen molar-refractivity contribution < 1.29 is 13.5 Å². The zero-order valence-corrected chi connectivity index (χ0v) is 8.44. The van der Waals surface area contributed by atoms with Crippen molar-refractivity contribution in [3.63, 3.8) is 0 Å². The molecule has 0 aromatic rings. The maximum atomic E-state index is 13.3. The van der Waals surface area contributed by atoms with Gasteiger partial charge in [-0.1, -0.05) is 0 Å². The molecule has 0 saturated carbocycles. The van der Waals surface area contributed by atoms with Crippen LogP contribution in [0, 0.1) is 0 Å². The van der Waals surface area contributed by atoms with Crippen LogP contribution in [0.15, 0.2) is 23.2 Å². The second-order valence-corrected chi connectivity index (χ2v) is 3.69. The van der Waals surface area contributed by atoms with Gasteiger partial charge in [0.2, 0.25) is 0 Å². The Bertz CT molecular complexity index is 258. The second-order valence-electron chi connectivity index (χ2n) is 2.91. The second kappa shape index (κ2) is 4.13. The molecule has 4 heteroatoms. The van der Waals surface area contributed by atoms with Crippen molar-refractivity contribution in [2.75, 3.05) is 7.11 Å². The molecule has 0 spiro atoms. The van der Waals surface area contributed by atoms with Crippen molar-refractivity contribution in [3.8, 4) is 0 Å². The van der Waals surface area contributed by atoms with Gasteiger partial charge in [-0.3, -0.25) is 0 Å². The lowest BCUT2D eigenvalue weighted by Gasteiger charge is -2.20. The lowest BCUT2D eigenvalue weighted by Crippen LogP contribution is -2.15. The van der Waals surface area contributed by atoms with Crippen molar-refractivity contribution in [1.82, 2.24) is 0 Å². The van der Waals surface area contributed by atoms with Gasteiger partial charge in [0.1, 0.15) is 11.6 Å². The first-order valence-electron chi connectivity index (χ1n) is 4.04. The minimum absolute atomic E-state index is 0.0407. The molecule has 13 heavy (non-hydrogen) atoms. The van der Waals surface area contributed by atoms with Crippen molar-refractivity contribution in [3.05, 3.63) is 23.2 Å². The van der Waals surface area contributed by atoms with Crippen LogP contribution < -0.4 is 0 Å². The van der Waals surface area contributed by atoms with Crippen LogP contribution in [0.1, 0.15) is 13.3 Å². The number of thiol groups is 1. The number of alkyl halides is 1. The SMILES string of the molecule is COC1=CCC(F)C(F)=C1C(C)S. The van der Waals surface area contributed by atoms with E-state index in [0.29, 0.717) is 5.76 Å². The summed E-state index contributed by atoms with van der Waals surface area (Å²) in [7, 11) is 1.44. The average Bonchev–Trinajstić information content (AvgIpc) is 2.08. The van der Waals surface area contributed by atoms with Crippen LogP contribution in [0.2, 0.25) is 0 Å². The Hall–Kier alpha value is -0.510. The highest BCUT2D eigenvalue weighted by atomic mass is 32.1. The Morgan fingerprint density at radius 3 is 2.77 bits per heavy atom. The van der Waals surface area contributed by atoms with Crippen LogP contribution in [-0.4, -0.2) is 18.5 Å². The molecule has 74 valence electrons. The largest absolute Gasteiger partial charge is 0.497 e. The quantitative estimate of drug-likeness (QED) is 0.683. The third kappa shape index (κ3) is 2.05. The lowest BCUT2D eigenvalue weighted by atomic mass is 10.00. The summed E-state index contributed by atoms with van der Waals surface area (Å²) >= 11 is 4.07. The molecule has 0 heterocycles. The summed E-state index contributed by atoms with van der Waals surface area (Å²) in [5.41, 5.74) is 0.226. The topological polar surface area (TPSA) is 9.23 Å². The Balaban J connectivity index is 3.04. The first-order chi connectivity index (χ1) is 6.07. The highest BCUT2D eigenvalue weighted by Crippen LogP contribution is 2.32. The number of methoxy groups -OCH3 is 1. The fourth-order valence-electron chi connectivity index (χ4n) is 1.31. The summed E-state index contributed by atoms with van der Waals surface area (Å²) < 4.78 is 31.1. The molecule has 1 aliphatic rings. The molecule has 1 rings (SSSR count). The zero-order valence-electron chi connectivity index (χ0n) is 7.55. The van der Waals surface area contributed by atoms with Crippen LogP contribution in [0.25, 0.3) is 0 Å². The molecule has 0 radical (unpaired) electrons. The van der Waals surface area contributed by atoms with Crippen LogP contribution in [0.5, 0.6) is 0 Å². The molecular weight excluding hydrogens is 194 g/mol. The fourth-order valence-corrected chi connectivity index (χ4v) is 1.56. The molecule has 1 nitrogen and oxygen atoms in total. The molecular formula is C9H12F2OS. The van der Waals surface area contributed by atoms with E-state index in [-0.39, 0.29) is 17.2 Å². The first kappa shape index (κ1) is 10.6. The summed E-state index contributed by atoms with van der Waals surface area (Å²) in [5, 5.41) is -0.357. The van der Waals surface area contributed by atoms with Crippen molar-refractivity contribution >= 4 is 12.6 Å². The maximum absolute atomic E-state index is 13.3. The molecule has 0 N–H and O–H groups in total. The lowest BCUT2D eigenvalue weighted by molar-refractivity contribution is 0.265. The number of hydrogen-bond acceptors (Lipinski definition) is 2. The van der Waals surface area contributed by atoms with Crippen molar-refractivity contribution in [1.29, 1.82) is 0 Å². The molecule has 0 fully saturated rings. The van der Waals surface area contributed by atoms with Gasteiger partial charge in [0.15, 0.2) is 6.17 Å². The van der Waals surface area contributed by atoms with Crippen LogP contribution in [0.4, 0.5) is 8.78 Å².